The summed E-state index contributed by atoms with van der Waals surface area (Å²) in [6.45, 7) is 6.12. The molecule has 0 bridgehead atoms. The van der Waals surface area contributed by atoms with Crippen molar-refractivity contribution < 1.29 is 10.2 Å². The monoisotopic (exact) mass is 263 g/mol. The number of hydrogen-bond acceptors (Lipinski definition) is 3. The standard InChI is InChI=1S/C16H25NO2/c1-3-9-17(10-4-2)15-14(18)11-12-7-5-6-8-13(12)16(15)19/h5-8,14-16,18-19H,3-4,9-11H2,1-2H3. The van der Waals surface area contributed by atoms with Gasteiger partial charge in [-0.2, -0.15) is 0 Å². The van der Waals surface area contributed by atoms with Gasteiger partial charge in [-0.15, -0.1) is 0 Å². The van der Waals surface area contributed by atoms with E-state index in [2.05, 4.69) is 18.7 Å². The first-order chi connectivity index (χ1) is 9.19. The van der Waals surface area contributed by atoms with Crippen molar-refractivity contribution in [1.29, 1.82) is 0 Å². The Morgan fingerprint density at radius 1 is 1.11 bits per heavy atom. The van der Waals surface area contributed by atoms with Crippen LogP contribution in [0.4, 0.5) is 0 Å². The lowest BCUT2D eigenvalue weighted by atomic mass is 9.83. The Kier molecular flexibility index (Phi) is 4.97. The fraction of sp³-hybridized carbons (Fsp3) is 0.625. The predicted molar refractivity (Wildman–Crippen MR) is 77.1 cm³/mol. The lowest BCUT2D eigenvalue weighted by molar-refractivity contribution is -0.0389. The first-order valence-corrected chi connectivity index (χ1v) is 7.37. The minimum atomic E-state index is -0.585. The second-order valence-electron chi connectivity index (χ2n) is 5.44. The van der Waals surface area contributed by atoms with Crippen LogP contribution in [-0.4, -0.2) is 40.3 Å². The fourth-order valence-corrected chi connectivity index (χ4v) is 3.18. The molecule has 0 amide bonds. The van der Waals surface area contributed by atoms with Gasteiger partial charge in [-0.25, -0.2) is 0 Å². The molecular formula is C16H25NO2. The van der Waals surface area contributed by atoms with Gasteiger partial charge in [0.15, 0.2) is 0 Å². The van der Waals surface area contributed by atoms with Gasteiger partial charge in [0.25, 0.3) is 0 Å². The van der Waals surface area contributed by atoms with Crippen molar-refractivity contribution in [2.24, 2.45) is 0 Å². The highest BCUT2D eigenvalue weighted by molar-refractivity contribution is 5.34. The van der Waals surface area contributed by atoms with E-state index in [-0.39, 0.29) is 6.04 Å². The Labute approximate surface area is 115 Å². The Balaban J connectivity index is 2.25. The lowest BCUT2D eigenvalue weighted by Crippen LogP contribution is -2.51. The molecule has 3 heteroatoms. The first-order valence-electron chi connectivity index (χ1n) is 7.37. The zero-order valence-corrected chi connectivity index (χ0v) is 11.9. The van der Waals surface area contributed by atoms with E-state index in [1.165, 1.54) is 0 Å². The van der Waals surface area contributed by atoms with Crippen LogP contribution in [0.5, 0.6) is 0 Å². The normalized spacial score (nSPS) is 26.5. The fourth-order valence-electron chi connectivity index (χ4n) is 3.18. The quantitative estimate of drug-likeness (QED) is 0.855. The van der Waals surface area contributed by atoms with Gasteiger partial charge in [-0.3, -0.25) is 4.90 Å². The molecule has 3 atom stereocenters. The molecule has 0 heterocycles. The average Bonchev–Trinajstić information content (AvgIpc) is 2.39. The number of benzene rings is 1. The summed E-state index contributed by atoms with van der Waals surface area (Å²) in [5.74, 6) is 0. The number of aliphatic hydroxyl groups is 2. The molecule has 0 fully saturated rings. The lowest BCUT2D eigenvalue weighted by Gasteiger charge is -2.41. The first kappa shape index (κ1) is 14.5. The van der Waals surface area contributed by atoms with Crippen molar-refractivity contribution in [1.82, 2.24) is 4.90 Å². The number of rotatable bonds is 5. The summed E-state index contributed by atoms with van der Waals surface area (Å²) in [7, 11) is 0. The molecule has 0 spiro atoms. The summed E-state index contributed by atoms with van der Waals surface area (Å²) >= 11 is 0. The molecule has 0 saturated heterocycles. The maximum Gasteiger partial charge on any atom is 0.0973 e. The van der Waals surface area contributed by atoms with E-state index in [0.29, 0.717) is 6.42 Å². The topological polar surface area (TPSA) is 43.7 Å². The van der Waals surface area contributed by atoms with Crippen molar-refractivity contribution >= 4 is 0 Å². The zero-order valence-electron chi connectivity index (χ0n) is 11.9. The Bertz CT molecular complexity index is 401. The molecule has 0 aromatic heterocycles. The molecule has 2 N–H and O–H groups in total. The summed E-state index contributed by atoms with van der Waals surface area (Å²) < 4.78 is 0. The number of aliphatic hydroxyl groups excluding tert-OH is 2. The Hall–Kier alpha value is -0.900. The van der Waals surface area contributed by atoms with Gasteiger partial charge in [-0.05, 0) is 37.1 Å². The maximum absolute atomic E-state index is 10.6. The van der Waals surface area contributed by atoms with Crippen LogP contribution in [0.1, 0.15) is 43.9 Å². The Morgan fingerprint density at radius 3 is 2.37 bits per heavy atom. The smallest absolute Gasteiger partial charge is 0.0973 e. The molecular weight excluding hydrogens is 238 g/mol. The minimum absolute atomic E-state index is 0.171. The molecule has 106 valence electrons. The van der Waals surface area contributed by atoms with Crippen LogP contribution in [0.25, 0.3) is 0 Å². The molecule has 3 unspecified atom stereocenters. The summed E-state index contributed by atoms with van der Waals surface area (Å²) in [6.07, 6.45) is 1.65. The predicted octanol–water partition coefficient (Wildman–Crippen LogP) is 2.13. The molecule has 0 saturated carbocycles. The molecule has 3 nitrogen and oxygen atoms in total. The number of nitrogens with zero attached hydrogens (tertiary/aromatic N) is 1. The van der Waals surface area contributed by atoms with E-state index in [4.69, 9.17) is 0 Å². The molecule has 1 aliphatic carbocycles. The van der Waals surface area contributed by atoms with Gasteiger partial charge >= 0.3 is 0 Å². The highest BCUT2D eigenvalue weighted by atomic mass is 16.3. The van der Waals surface area contributed by atoms with E-state index >= 15 is 0 Å². The third-order valence-electron chi connectivity index (χ3n) is 3.96. The molecule has 2 rings (SSSR count). The van der Waals surface area contributed by atoms with Crippen molar-refractivity contribution in [3.05, 3.63) is 35.4 Å². The largest absolute Gasteiger partial charge is 0.391 e. The molecule has 1 aliphatic rings. The molecule has 19 heavy (non-hydrogen) atoms. The van der Waals surface area contributed by atoms with Crippen molar-refractivity contribution in [3.63, 3.8) is 0 Å². The SMILES string of the molecule is CCCN(CCC)C1C(O)Cc2ccccc2C1O. The second-order valence-corrected chi connectivity index (χ2v) is 5.44. The second kappa shape index (κ2) is 6.51. The van der Waals surface area contributed by atoms with Gasteiger partial charge < -0.3 is 10.2 Å². The average molecular weight is 263 g/mol. The van der Waals surface area contributed by atoms with Crippen molar-refractivity contribution in [3.8, 4) is 0 Å². The van der Waals surface area contributed by atoms with E-state index in [0.717, 1.165) is 37.1 Å². The van der Waals surface area contributed by atoms with Gasteiger partial charge in [0, 0.05) is 6.42 Å². The number of fused-ring (bicyclic) bond motifs is 1. The highest BCUT2D eigenvalue weighted by Crippen LogP contribution is 2.33. The van der Waals surface area contributed by atoms with Crippen LogP contribution in [0.3, 0.4) is 0 Å². The number of hydrogen-bond donors (Lipinski definition) is 2. The molecule has 0 radical (unpaired) electrons. The van der Waals surface area contributed by atoms with Crippen molar-refractivity contribution in [2.45, 2.75) is 51.4 Å². The van der Waals surface area contributed by atoms with E-state index in [1.54, 1.807) is 0 Å². The van der Waals surface area contributed by atoms with E-state index in [1.807, 2.05) is 24.3 Å². The van der Waals surface area contributed by atoms with Gasteiger partial charge in [0.05, 0.1) is 18.2 Å². The van der Waals surface area contributed by atoms with Crippen LogP contribution in [-0.2, 0) is 6.42 Å². The van der Waals surface area contributed by atoms with Crippen LogP contribution >= 0.6 is 0 Å². The van der Waals surface area contributed by atoms with Crippen LogP contribution in [0, 0.1) is 0 Å². The van der Waals surface area contributed by atoms with Crippen molar-refractivity contribution in [2.75, 3.05) is 13.1 Å². The molecule has 0 aliphatic heterocycles. The molecule has 1 aromatic carbocycles. The van der Waals surface area contributed by atoms with E-state index < -0.39 is 12.2 Å². The third-order valence-corrected chi connectivity index (χ3v) is 3.96. The third kappa shape index (κ3) is 2.99. The zero-order chi connectivity index (χ0) is 13.8. The van der Waals surface area contributed by atoms with E-state index in [9.17, 15) is 10.2 Å². The Morgan fingerprint density at radius 2 is 1.74 bits per heavy atom. The van der Waals surface area contributed by atoms with Gasteiger partial charge in [0.1, 0.15) is 0 Å². The minimum Gasteiger partial charge on any atom is -0.391 e. The summed E-state index contributed by atoms with van der Waals surface area (Å²) in [4.78, 5) is 2.24. The van der Waals surface area contributed by atoms with Gasteiger partial charge in [0.2, 0.25) is 0 Å². The summed E-state index contributed by atoms with van der Waals surface area (Å²) in [5.41, 5.74) is 2.06. The summed E-state index contributed by atoms with van der Waals surface area (Å²) in [5, 5.41) is 21.0. The van der Waals surface area contributed by atoms with Crippen LogP contribution in [0.15, 0.2) is 24.3 Å². The van der Waals surface area contributed by atoms with Gasteiger partial charge in [-0.1, -0.05) is 38.1 Å². The highest BCUT2D eigenvalue weighted by Gasteiger charge is 2.37. The molecule has 1 aromatic rings. The maximum atomic E-state index is 10.6. The van der Waals surface area contributed by atoms with Crippen LogP contribution < -0.4 is 0 Å². The van der Waals surface area contributed by atoms with Crippen LogP contribution in [0.2, 0.25) is 0 Å². The summed E-state index contributed by atoms with van der Waals surface area (Å²) in [6, 6.07) is 7.74.